The first-order valence-electron chi connectivity index (χ1n) is 8.19. The molecular formula is C17H25NS. The lowest BCUT2D eigenvalue weighted by atomic mass is 9.98. The van der Waals surface area contributed by atoms with Gasteiger partial charge in [0.1, 0.15) is 0 Å². The maximum absolute atomic E-state index is 3.98. The monoisotopic (exact) mass is 275 g/mol. The van der Waals surface area contributed by atoms with Crippen molar-refractivity contribution in [1.82, 2.24) is 5.32 Å². The molecule has 1 unspecified atom stereocenters. The van der Waals surface area contributed by atoms with Gasteiger partial charge >= 0.3 is 0 Å². The summed E-state index contributed by atoms with van der Waals surface area (Å²) in [6.45, 7) is 2.38. The topological polar surface area (TPSA) is 12.0 Å². The van der Waals surface area contributed by atoms with E-state index in [1.807, 2.05) is 0 Å². The van der Waals surface area contributed by atoms with Gasteiger partial charge in [-0.15, -0.1) is 11.3 Å². The molecule has 0 amide bonds. The van der Waals surface area contributed by atoms with Crippen molar-refractivity contribution in [3.8, 4) is 0 Å². The number of nitrogens with one attached hydrogen (secondary N) is 1. The summed E-state index contributed by atoms with van der Waals surface area (Å²) >= 11 is 2.09. The Morgan fingerprint density at radius 2 is 1.79 bits per heavy atom. The highest BCUT2D eigenvalue weighted by atomic mass is 32.1. The zero-order valence-corrected chi connectivity index (χ0v) is 12.8. The molecule has 0 saturated heterocycles. The third-order valence-corrected chi connectivity index (χ3v) is 6.56. The molecule has 1 aromatic rings. The summed E-state index contributed by atoms with van der Waals surface area (Å²) in [4.78, 5) is 3.28. The lowest BCUT2D eigenvalue weighted by Crippen LogP contribution is -2.34. The fourth-order valence-electron chi connectivity index (χ4n) is 3.67. The number of aryl methyl sites for hydroxylation is 2. The Bertz CT molecular complexity index is 420. The molecule has 4 rings (SSSR count). The van der Waals surface area contributed by atoms with Crippen LogP contribution in [0.5, 0.6) is 0 Å². The molecule has 0 aromatic carbocycles. The van der Waals surface area contributed by atoms with Gasteiger partial charge in [0, 0.05) is 21.8 Å². The molecule has 3 aliphatic rings. The minimum Gasteiger partial charge on any atom is -0.306 e. The molecule has 0 aliphatic heterocycles. The molecule has 0 spiro atoms. The zero-order valence-electron chi connectivity index (χ0n) is 12.0. The number of hydrogen-bond acceptors (Lipinski definition) is 2. The molecule has 104 valence electrons. The van der Waals surface area contributed by atoms with E-state index in [1.165, 1.54) is 51.4 Å². The van der Waals surface area contributed by atoms with E-state index < -0.39 is 0 Å². The van der Waals surface area contributed by atoms with Crippen LogP contribution in [0, 0.1) is 11.8 Å². The Kier molecular flexibility index (Phi) is 3.19. The van der Waals surface area contributed by atoms with E-state index in [-0.39, 0.29) is 0 Å². The van der Waals surface area contributed by atoms with Crippen LogP contribution in [0.15, 0.2) is 6.07 Å². The van der Waals surface area contributed by atoms with Crippen LogP contribution in [0.1, 0.15) is 66.8 Å². The van der Waals surface area contributed by atoms with E-state index in [2.05, 4.69) is 29.6 Å². The van der Waals surface area contributed by atoms with E-state index in [0.717, 1.165) is 17.9 Å². The van der Waals surface area contributed by atoms with Crippen molar-refractivity contribution in [1.29, 1.82) is 0 Å². The zero-order chi connectivity index (χ0) is 12.8. The molecule has 1 heterocycles. The predicted octanol–water partition coefficient (Wildman–Crippen LogP) is 4.47. The first-order valence-corrected chi connectivity index (χ1v) is 9.00. The molecule has 19 heavy (non-hydrogen) atoms. The average molecular weight is 275 g/mol. The number of thiophene rings is 1. The van der Waals surface area contributed by atoms with Crippen molar-refractivity contribution in [2.45, 2.75) is 70.4 Å². The molecule has 2 saturated carbocycles. The standard InChI is InChI=1S/C17H25NS/c1-11(18-17(12-6-7-12)13-8-9-13)16-10-14-4-2-3-5-15(14)19-16/h10-13,17-18H,2-9H2,1H3. The normalized spacial score (nSPS) is 24.5. The molecule has 3 aliphatic carbocycles. The molecule has 0 bridgehead atoms. The molecule has 1 atom stereocenters. The van der Waals surface area contributed by atoms with Gasteiger partial charge in [-0.1, -0.05) is 0 Å². The van der Waals surface area contributed by atoms with Crippen LogP contribution in [-0.2, 0) is 12.8 Å². The van der Waals surface area contributed by atoms with Gasteiger partial charge < -0.3 is 5.32 Å². The second-order valence-corrected chi connectivity index (χ2v) is 8.06. The van der Waals surface area contributed by atoms with E-state index in [4.69, 9.17) is 0 Å². The van der Waals surface area contributed by atoms with Gasteiger partial charge in [-0.25, -0.2) is 0 Å². The largest absolute Gasteiger partial charge is 0.306 e. The van der Waals surface area contributed by atoms with Crippen LogP contribution in [0.3, 0.4) is 0 Å². The summed E-state index contributed by atoms with van der Waals surface area (Å²) in [5.41, 5.74) is 1.66. The maximum atomic E-state index is 3.98. The Morgan fingerprint density at radius 3 is 2.42 bits per heavy atom. The fraction of sp³-hybridized carbons (Fsp3) is 0.765. The second kappa shape index (κ2) is 4.89. The molecule has 1 N–H and O–H groups in total. The summed E-state index contributed by atoms with van der Waals surface area (Å²) in [5.74, 6) is 2.01. The van der Waals surface area contributed by atoms with Crippen LogP contribution in [0.25, 0.3) is 0 Å². The summed E-state index contributed by atoms with van der Waals surface area (Å²) in [7, 11) is 0. The van der Waals surface area contributed by atoms with Crippen molar-refractivity contribution in [2.75, 3.05) is 0 Å². The predicted molar refractivity (Wildman–Crippen MR) is 81.7 cm³/mol. The van der Waals surface area contributed by atoms with Gasteiger partial charge in [0.25, 0.3) is 0 Å². The Morgan fingerprint density at radius 1 is 1.11 bits per heavy atom. The number of rotatable bonds is 5. The number of fused-ring (bicyclic) bond motifs is 1. The Balaban J connectivity index is 1.46. The van der Waals surface area contributed by atoms with Crippen LogP contribution in [0.4, 0.5) is 0 Å². The van der Waals surface area contributed by atoms with Crippen molar-refractivity contribution in [2.24, 2.45) is 11.8 Å². The van der Waals surface area contributed by atoms with Gasteiger partial charge in [-0.05, 0) is 81.8 Å². The molecule has 0 radical (unpaired) electrons. The molecule has 1 nitrogen and oxygen atoms in total. The fourth-order valence-corrected chi connectivity index (χ4v) is 4.93. The second-order valence-electron chi connectivity index (χ2n) is 6.89. The van der Waals surface area contributed by atoms with Crippen LogP contribution in [0.2, 0.25) is 0 Å². The SMILES string of the molecule is CC(NC(C1CC1)C1CC1)c1cc2c(s1)CCCC2. The van der Waals surface area contributed by atoms with Crippen molar-refractivity contribution >= 4 is 11.3 Å². The third kappa shape index (κ3) is 2.62. The minimum atomic E-state index is 0.571. The average Bonchev–Trinajstić information content (AvgIpc) is 3.32. The van der Waals surface area contributed by atoms with E-state index in [9.17, 15) is 0 Å². The highest BCUT2D eigenvalue weighted by Gasteiger charge is 2.41. The van der Waals surface area contributed by atoms with Crippen molar-refractivity contribution < 1.29 is 0 Å². The van der Waals surface area contributed by atoms with Crippen LogP contribution in [-0.4, -0.2) is 6.04 Å². The smallest absolute Gasteiger partial charge is 0.0388 e. The first kappa shape index (κ1) is 12.4. The highest BCUT2D eigenvalue weighted by Crippen LogP contribution is 2.45. The summed E-state index contributed by atoms with van der Waals surface area (Å²) in [5, 5.41) is 3.98. The third-order valence-electron chi connectivity index (χ3n) is 5.14. The molecular weight excluding hydrogens is 250 g/mol. The highest BCUT2D eigenvalue weighted by molar-refractivity contribution is 7.12. The van der Waals surface area contributed by atoms with Gasteiger partial charge in [-0.3, -0.25) is 0 Å². The molecule has 1 aromatic heterocycles. The van der Waals surface area contributed by atoms with E-state index >= 15 is 0 Å². The maximum Gasteiger partial charge on any atom is 0.0388 e. The van der Waals surface area contributed by atoms with Gasteiger partial charge in [0.15, 0.2) is 0 Å². The molecule has 2 fully saturated rings. The lowest BCUT2D eigenvalue weighted by molar-refractivity contribution is 0.380. The molecule has 2 heteroatoms. The minimum absolute atomic E-state index is 0.571. The summed E-state index contributed by atoms with van der Waals surface area (Å²) < 4.78 is 0. The summed E-state index contributed by atoms with van der Waals surface area (Å²) in [6, 6.07) is 3.91. The summed E-state index contributed by atoms with van der Waals surface area (Å²) in [6.07, 6.45) is 11.4. The van der Waals surface area contributed by atoms with Crippen LogP contribution >= 0.6 is 11.3 Å². The number of hydrogen-bond donors (Lipinski definition) is 1. The van der Waals surface area contributed by atoms with Crippen LogP contribution < -0.4 is 5.32 Å². The first-order chi connectivity index (χ1) is 9.31. The van der Waals surface area contributed by atoms with E-state index in [0.29, 0.717) is 6.04 Å². The van der Waals surface area contributed by atoms with Gasteiger partial charge in [0.2, 0.25) is 0 Å². The quantitative estimate of drug-likeness (QED) is 0.836. The van der Waals surface area contributed by atoms with Gasteiger partial charge in [-0.2, -0.15) is 0 Å². The van der Waals surface area contributed by atoms with Crippen molar-refractivity contribution in [3.05, 3.63) is 21.4 Å². The Hall–Kier alpha value is -0.340. The lowest BCUT2D eigenvalue weighted by Gasteiger charge is -2.22. The van der Waals surface area contributed by atoms with Gasteiger partial charge in [0.05, 0.1) is 0 Å². The Labute approximate surface area is 120 Å². The van der Waals surface area contributed by atoms with Crippen molar-refractivity contribution in [3.63, 3.8) is 0 Å². The van der Waals surface area contributed by atoms with E-state index in [1.54, 1.807) is 15.3 Å².